The third-order valence-corrected chi connectivity index (χ3v) is 12.7. The molecule has 4 saturated carbocycles. The van der Waals surface area contributed by atoms with Crippen molar-refractivity contribution in [2.45, 2.75) is 90.9 Å². The van der Waals surface area contributed by atoms with E-state index in [0.717, 1.165) is 17.4 Å². The molecule has 0 aromatic heterocycles. The third-order valence-electron chi connectivity index (χ3n) is 12.7. The quantitative estimate of drug-likeness (QED) is 0.186. The summed E-state index contributed by atoms with van der Waals surface area (Å²) < 4.78 is 0. The van der Waals surface area contributed by atoms with Gasteiger partial charge in [0.25, 0.3) is 0 Å². The lowest BCUT2D eigenvalue weighted by atomic mass is 9.34. The van der Waals surface area contributed by atoms with Crippen LogP contribution in [0.5, 0.6) is 5.75 Å². The smallest absolute Gasteiger partial charge is 0.242 e. The Bertz CT molecular complexity index is 1880. The molecule has 1 nitrogen and oxygen atoms in total. The topological polar surface area (TPSA) is 20.2 Å². The van der Waals surface area contributed by atoms with Gasteiger partial charge >= 0.3 is 0 Å². The highest BCUT2D eigenvalue weighted by Crippen LogP contribution is 2.66. The first kappa shape index (κ1) is 31.2. The summed E-state index contributed by atoms with van der Waals surface area (Å²) in [6.07, 6.45) is 8.02. The molecule has 5 aromatic carbocycles. The highest BCUT2D eigenvalue weighted by molar-refractivity contribution is 6.96. The Morgan fingerprint density at radius 3 is 1.31 bits per heavy atom. The van der Waals surface area contributed by atoms with Crippen LogP contribution in [0.4, 0.5) is 0 Å². The Kier molecular flexibility index (Phi) is 7.51. The molecule has 4 fully saturated rings. The van der Waals surface area contributed by atoms with Crippen molar-refractivity contribution in [2.24, 2.45) is 11.8 Å². The Morgan fingerprint density at radius 2 is 0.896 bits per heavy atom. The van der Waals surface area contributed by atoms with Crippen LogP contribution in [0.1, 0.15) is 83.0 Å². The summed E-state index contributed by atoms with van der Waals surface area (Å²) >= 11 is 0. The predicted molar refractivity (Wildman–Crippen MR) is 204 cm³/mol. The molecule has 4 aliphatic carbocycles. The maximum Gasteiger partial charge on any atom is 0.242 e. The number of phenolic OH excluding ortho intramolecular Hbond substituents is 1. The van der Waals surface area contributed by atoms with Crippen molar-refractivity contribution in [3.8, 4) is 16.9 Å². The second kappa shape index (κ2) is 11.5. The zero-order valence-electron chi connectivity index (χ0n) is 29.7. The van der Waals surface area contributed by atoms with Crippen molar-refractivity contribution in [3.05, 3.63) is 142 Å². The van der Waals surface area contributed by atoms with E-state index in [4.69, 9.17) is 0 Å². The van der Waals surface area contributed by atoms with Gasteiger partial charge in [-0.3, -0.25) is 0 Å². The van der Waals surface area contributed by atoms with Crippen LogP contribution in [-0.2, 0) is 10.8 Å². The second-order valence-electron chi connectivity index (χ2n) is 16.3. The number of hydrogen-bond donors (Lipinski definition) is 1. The summed E-state index contributed by atoms with van der Waals surface area (Å²) in [5, 5.41) is 9.77. The van der Waals surface area contributed by atoms with Gasteiger partial charge in [-0.1, -0.05) is 135 Å². The van der Waals surface area contributed by atoms with Crippen molar-refractivity contribution < 1.29 is 5.11 Å². The largest absolute Gasteiger partial charge is 0.508 e. The fourth-order valence-corrected chi connectivity index (χ4v) is 11.4. The lowest BCUT2D eigenvalue weighted by molar-refractivity contribution is -0.0281. The van der Waals surface area contributed by atoms with Gasteiger partial charge in [-0.25, -0.2) is 0 Å². The van der Waals surface area contributed by atoms with Gasteiger partial charge in [-0.2, -0.15) is 0 Å². The van der Waals surface area contributed by atoms with Gasteiger partial charge < -0.3 is 5.11 Å². The molecule has 4 bridgehead atoms. The van der Waals surface area contributed by atoms with Crippen LogP contribution in [0, 0.1) is 53.4 Å². The minimum Gasteiger partial charge on any atom is -0.508 e. The Morgan fingerprint density at radius 1 is 0.521 bits per heavy atom. The van der Waals surface area contributed by atoms with Gasteiger partial charge in [0.1, 0.15) is 5.75 Å². The van der Waals surface area contributed by atoms with Crippen LogP contribution in [0.25, 0.3) is 11.1 Å². The average molecular weight is 629 g/mol. The molecule has 2 atom stereocenters. The van der Waals surface area contributed by atoms with Crippen molar-refractivity contribution in [1.82, 2.24) is 0 Å². The van der Waals surface area contributed by atoms with Gasteiger partial charge in [-0.05, 0) is 137 Å². The molecule has 2 unspecified atom stereocenters. The zero-order valence-corrected chi connectivity index (χ0v) is 29.7. The van der Waals surface area contributed by atoms with Gasteiger partial charge in [0.05, 0.1) is 0 Å². The Balaban J connectivity index is 1.16. The minimum atomic E-state index is 0.218. The van der Waals surface area contributed by atoms with Gasteiger partial charge in [0.15, 0.2) is 0 Å². The molecule has 0 radical (unpaired) electrons. The van der Waals surface area contributed by atoms with Crippen molar-refractivity contribution in [1.29, 1.82) is 0 Å². The van der Waals surface area contributed by atoms with Crippen molar-refractivity contribution >= 4 is 23.1 Å². The number of benzene rings is 5. The van der Waals surface area contributed by atoms with Gasteiger partial charge in [0, 0.05) is 0 Å². The highest BCUT2D eigenvalue weighted by Gasteiger charge is 2.58. The van der Waals surface area contributed by atoms with Gasteiger partial charge in [0.2, 0.25) is 6.71 Å². The van der Waals surface area contributed by atoms with Crippen molar-refractivity contribution in [2.75, 3.05) is 0 Å². The van der Waals surface area contributed by atoms with E-state index in [1.54, 1.807) is 17.7 Å². The van der Waals surface area contributed by atoms with Crippen LogP contribution >= 0.6 is 0 Å². The Labute approximate surface area is 288 Å². The van der Waals surface area contributed by atoms with Crippen LogP contribution in [0.3, 0.4) is 0 Å². The minimum absolute atomic E-state index is 0.218. The number of aryl methyl sites for hydroxylation is 6. The molecule has 48 heavy (non-hydrogen) atoms. The zero-order chi connectivity index (χ0) is 33.4. The van der Waals surface area contributed by atoms with E-state index in [-0.39, 0.29) is 17.5 Å². The van der Waals surface area contributed by atoms with E-state index in [0.29, 0.717) is 5.75 Å². The van der Waals surface area contributed by atoms with Crippen LogP contribution in [-0.4, -0.2) is 11.8 Å². The molecule has 0 spiro atoms. The summed E-state index contributed by atoms with van der Waals surface area (Å²) in [7, 11) is 0. The molecular weight excluding hydrogens is 579 g/mol. The normalized spacial score (nSPS) is 24.2. The molecular formula is C46H49BO. The molecule has 9 rings (SSSR count). The molecule has 4 aliphatic rings. The maximum atomic E-state index is 9.77. The van der Waals surface area contributed by atoms with E-state index in [9.17, 15) is 5.11 Å². The van der Waals surface area contributed by atoms with E-state index in [1.807, 2.05) is 12.1 Å². The lowest BCUT2D eigenvalue weighted by Crippen LogP contribution is -2.57. The van der Waals surface area contributed by atoms with Crippen LogP contribution in [0.2, 0.25) is 0 Å². The first-order valence-electron chi connectivity index (χ1n) is 18.2. The molecule has 0 aliphatic heterocycles. The molecule has 0 heterocycles. The first-order valence-corrected chi connectivity index (χ1v) is 18.2. The fraction of sp³-hybridized carbons (Fsp3) is 0.348. The fourth-order valence-electron chi connectivity index (χ4n) is 11.4. The van der Waals surface area contributed by atoms with Crippen LogP contribution in [0.15, 0.2) is 97.1 Å². The summed E-state index contributed by atoms with van der Waals surface area (Å²) in [6, 6.07) is 36.6. The van der Waals surface area contributed by atoms with E-state index < -0.39 is 0 Å². The molecule has 0 saturated heterocycles. The van der Waals surface area contributed by atoms with Crippen LogP contribution < -0.4 is 16.4 Å². The second-order valence-corrected chi connectivity index (χ2v) is 16.3. The molecule has 0 amide bonds. The van der Waals surface area contributed by atoms with E-state index in [2.05, 4.69) is 114 Å². The monoisotopic (exact) mass is 628 g/mol. The first-order chi connectivity index (χ1) is 23.0. The summed E-state index contributed by atoms with van der Waals surface area (Å²) in [5.74, 6) is 1.94. The maximum absolute atomic E-state index is 9.77. The standard InChI is InChI=1S/C46H49BO/c1-29-19-31(3)43(32(4)20-29)47(44-33(5)21-30(2)22-34(44)6)41-15-13-40(14-16-41)46-26-35-23-36(27-46)25-45(24-35,28-46)39-11-7-37(8-12-39)38-9-17-42(48)18-10-38/h7-22,35-36,48H,23-28H2,1-6H3. The third kappa shape index (κ3) is 5.24. The Hall–Kier alpha value is -4.04. The summed E-state index contributed by atoms with van der Waals surface area (Å²) in [4.78, 5) is 0. The molecule has 5 aromatic rings. The van der Waals surface area contributed by atoms with Crippen molar-refractivity contribution in [3.63, 3.8) is 0 Å². The average Bonchev–Trinajstić information content (AvgIpc) is 3.03. The number of aromatic hydroxyl groups is 1. The lowest BCUT2D eigenvalue weighted by Gasteiger charge is -2.63. The number of phenols is 1. The molecule has 242 valence electrons. The molecule has 1 N–H and O–H groups in total. The summed E-state index contributed by atoms with van der Waals surface area (Å²) in [6.45, 7) is 13.9. The van der Waals surface area contributed by atoms with Gasteiger partial charge in [-0.15, -0.1) is 0 Å². The number of hydrogen-bond acceptors (Lipinski definition) is 1. The molecule has 2 heteroatoms. The van der Waals surface area contributed by atoms with E-state index in [1.165, 1.54) is 99.4 Å². The predicted octanol–water partition coefficient (Wildman–Crippen LogP) is 9.22. The summed E-state index contributed by atoms with van der Waals surface area (Å²) in [5.41, 5.74) is 18.6. The SMILES string of the molecule is Cc1cc(C)c(B(c2ccc(C34CC5CC(C3)CC(c3ccc(-c6ccc(O)cc6)cc3)(C5)C4)cc2)c2c(C)cc(C)cc2C)c(C)c1. The number of rotatable bonds is 6. The van der Waals surface area contributed by atoms with E-state index >= 15 is 0 Å². The highest BCUT2D eigenvalue weighted by atomic mass is 16.3.